The number of alkyl halides is 3. The molecule has 0 saturated heterocycles. The van der Waals surface area contributed by atoms with Crippen LogP contribution < -0.4 is 9.47 Å². The number of hydrogen-bond acceptors (Lipinski definition) is 3. The molecule has 88 valence electrons. The average molecular weight is 299 g/mol. The lowest BCUT2D eigenvalue weighted by Crippen LogP contribution is -2.17. The van der Waals surface area contributed by atoms with Crippen molar-refractivity contribution in [2.45, 2.75) is 6.36 Å². The summed E-state index contributed by atoms with van der Waals surface area (Å²) >= 11 is 2.86. The number of aldehydes is 1. The second-order valence-corrected chi connectivity index (χ2v) is 3.54. The third-order valence-corrected chi connectivity index (χ3v) is 2.26. The van der Waals surface area contributed by atoms with Gasteiger partial charge in [0.2, 0.25) is 0 Å². The molecule has 1 aromatic rings. The van der Waals surface area contributed by atoms with Gasteiger partial charge in [-0.15, -0.1) is 13.2 Å². The number of rotatable bonds is 3. The fraction of sp³-hybridized carbons (Fsp3) is 0.222. The number of carbonyl (C=O) groups excluding carboxylic acids is 1. The van der Waals surface area contributed by atoms with Crippen LogP contribution in [0.25, 0.3) is 0 Å². The van der Waals surface area contributed by atoms with Crippen molar-refractivity contribution in [2.24, 2.45) is 0 Å². The summed E-state index contributed by atoms with van der Waals surface area (Å²) in [7, 11) is 1.24. The lowest BCUT2D eigenvalue weighted by atomic mass is 10.2. The molecule has 0 radical (unpaired) electrons. The molecule has 0 spiro atoms. The van der Waals surface area contributed by atoms with Crippen molar-refractivity contribution in [3.8, 4) is 11.5 Å². The van der Waals surface area contributed by atoms with Gasteiger partial charge < -0.3 is 9.47 Å². The Labute approximate surface area is 97.3 Å². The van der Waals surface area contributed by atoms with E-state index in [1.165, 1.54) is 13.2 Å². The van der Waals surface area contributed by atoms with Crippen LogP contribution in [0, 0.1) is 0 Å². The molecule has 0 aliphatic heterocycles. The summed E-state index contributed by atoms with van der Waals surface area (Å²) in [4.78, 5) is 10.6. The van der Waals surface area contributed by atoms with Crippen molar-refractivity contribution in [1.82, 2.24) is 0 Å². The van der Waals surface area contributed by atoms with Crippen molar-refractivity contribution >= 4 is 22.2 Å². The van der Waals surface area contributed by atoms with Gasteiger partial charge in [0.15, 0.2) is 6.29 Å². The Balaban J connectivity index is 3.16. The van der Waals surface area contributed by atoms with Crippen LogP contribution in [0.5, 0.6) is 11.5 Å². The molecule has 0 aliphatic rings. The first kappa shape index (κ1) is 12.8. The maximum Gasteiger partial charge on any atom is 0.573 e. The fourth-order valence-corrected chi connectivity index (χ4v) is 1.46. The van der Waals surface area contributed by atoms with Gasteiger partial charge in [0, 0.05) is 6.07 Å². The van der Waals surface area contributed by atoms with Crippen LogP contribution in [-0.2, 0) is 0 Å². The maximum atomic E-state index is 12.0. The van der Waals surface area contributed by atoms with E-state index in [4.69, 9.17) is 4.74 Å². The molecule has 0 unspecified atom stereocenters. The zero-order valence-electron chi connectivity index (χ0n) is 7.97. The molecule has 0 saturated carbocycles. The lowest BCUT2D eigenvalue weighted by molar-refractivity contribution is -0.274. The first-order valence-corrected chi connectivity index (χ1v) is 4.75. The monoisotopic (exact) mass is 298 g/mol. The predicted octanol–water partition coefficient (Wildman–Crippen LogP) is 3.17. The number of halogens is 4. The smallest absolute Gasteiger partial charge is 0.496 e. The Bertz CT molecular complexity index is 404. The molecule has 0 amide bonds. The maximum absolute atomic E-state index is 12.0. The highest BCUT2D eigenvalue weighted by atomic mass is 79.9. The minimum atomic E-state index is -4.80. The molecule has 3 nitrogen and oxygen atoms in total. The van der Waals surface area contributed by atoms with Gasteiger partial charge in [-0.05, 0) is 22.0 Å². The van der Waals surface area contributed by atoms with Gasteiger partial charge in [-0.1, -0.05) is 0 Å². The van der Waals surface area contributed by atoms with E-state index in [0.717, 1.165) is 6.07 Å². The highest BCUT2D eigenvalue weighted by molar-refractivity contribution is 9.10. The van der Waals surface area contributed by atoms with Gasteiger partial charge in [-0.3, -0.25) is 4.79 Å². The van der Waals surface area contributed by atoms with E-state index in [2.05, 4.69) is 20.7 Å². The van der Waals surface area contributed by atoms with E-state index in [0.29, 0.717) is 6.29 Å². The second kappa shape index (κ2) is 4.73. The Morgan fingerprint density at radius 3 is 2.38 bits per heavy atom. The van der Waals surface area contributed by atoms with Crippen LogP contribution in [0.3, 0.4) is 0 Å². The Morgan fingerprint density at radius 2 is 1.94 bits per heavy atom. The molecule has 1 aromatic carbocycles. The highest BCUT2D eigenvalue weighted by Crippen LogP contribution is 2.35. The summed E-state index contributed by atoms with van der Waals surface area (Å²) in [5.74, 6) is -0.451. The van der Waals surface area contributed by atoms with Crippen molar-refractivity contribution in [3.05, 3.63) is 22.2 Å². The second-order valence-electron chi connectivity index (χ2n) is 2.69. The number of methoxy groups -OCH3 is 1. The van der Waals surface area contributed by atoms with E-state index in [9.17, 15) is 18.0 Å². The first-order chi connectivity index (χ1) is 7.37. The van der Waals surface area contributed by atoms with E-state index in [1.54, 1.807) is 0 Å². The number of benzene rings is 1. The van der Waals surface area contributed by atoms with Gasteiger partial charge in [0.25, 0.3) is 0 Å². The molecule has 0 heterocycles. The van der Waals surface area contributed by atoms with Crippen LogP contribution >= 0.6 is 15.9 Å². The molecule has 0 N–H and O–H groups in total. The summed E-state index contributed by atoms with van der Waals surface area (Å²) in [5.41, 5.74) is 0.129. The SMILES string of the molecule is COc1cc(OC(F)(F)F)c(Br)cc1C=O. The van der Waals surface area contributed by atoms with E-state index in [-0.39, 0.29) is 15.8 Å². The van der Waals surface area contributed by atoms with Crippen molar-refractivity contribution < 1.29 is 27.4 Å². The number of ether oxygens (including phenoxy) is 2. The molecule has 0 bridgehead atoms. The average Bonchev–Trinajstić information content (AvgIpc) is 2.18. The minimum Gasteiger partial charge on any atom is -0.496 e. The normalized spacial score (nSPS) is 11.1. The molecular formula is C9H6BrF3O3. The van der Waals surface area contributed by atoms with Crippen LogP contribution in [-0.4, -0.2) is 19.8 Å². The Kier molecular flexibility index (Phi) is 3.79. The lowest BCUT2D eigenvalue weighted by Gasteiger charge is -2.12. The Morgan fingerprint density at radius 1 is 1.31 bits per heavy atom. The van der Waals surface area contributed by atoms with Gasteiger partial charge in [0.1, 0.15) is 11.5 Å². The van der Waals surface area contributed by atoms with Gasteiger partial charge >= 0.3 is 6.36 Å². The largest absolute Gasteiger partial charge is 0.573 e. The summed E-state index contributed by atoms with van der Waals surface area (Å²) in [6, 6.07) is 2.17. The Hall–Kier alpha value is -1.24. The van der Waals surface area contributed by atoms with Crippen LogP contribution in [0.15, 0.2) is 16.6 Å². The van der Waals surface area contributed by atoms with Crippen molar-refractivity contribution in [3.63, 3.8) is 0 Å². The molecule has 0 aromatic heterocycles. The first-order valence-electron chi connectivity index (χ1n) is 3.96. The standard InChI is InChI=1S/C9H6BrF3O3/c1-15-7-3-8(16-9(11,12)13)6(10)2-5(7)4-14/h2-4H,1H3. The van der Waals surface area contributed by atoms with E-state index in [1.807, 2.05) is 0 Å². The zero-order valence-corrected chi connectivity index (χ0v) is 9.55. The predicted molar refractivity (Wildman–Crippen MR) is 52.8 cm³/mol. The third-order valence-electron chi connectivity index (χ3n) is 1.64. The molecule has 16 heavy (non-hydrogen) atoms. The molecule has 1 rings (SSSR count). The van der Waals surface area contributed by atoms with Crippen molar-refractivity contribution in [1.29, 1.82) is 0 Å². The molecule has 7 heteroatoms. The molecule has 0 atom stereocenters. The quantitative estimate of drug-likeness (QED) is 0.804. The third kappa shape index (κ3) is 3.13. The molecule has 0 fully saturated rings. The van der Waals surface area contributed by atoms with Gasteiger partial charge in [-0.25, -0.2) is 0 Å². The fourth-order valence-electron chi connectivity index (χ4n) is 1.02. The number of carbonyl (C=O) groups is 1. The topological polar surface area (TPSA) is 35.5 Å². The highest BCUT2D eigenvalue weighted by Gasteiger charge is 2.32. The van der Waals surface area contributed by atoms with Gasteiger partial charge in [0.05, 0.1) is 17.1 Å². The zero-order chi connectivity index (χ0) is 12.3. The summed E-state index contributed by atoms with van der Waals surface area (Å²) in [5, 5.41) is 0. The number of hydrogen-bond donors (Lipinski definition) is 0. The van der Waals surface area contributed by atoms with E-state index >= 15 is 0 Å². The van der Waals surface area contributed by atoms with Crippen LogP contribution in [0.2, 0.25) is 0 Å². The van der Waals surface area contributed by atoms with Crippen LogP contribution in [0.4, 0.5) is 13.2 Å². The van der Waals surface area contributed by atoms with Crippen molar-refractivity contribution in [2.75, 3.05) is 7.11 Å². The minimum absolute atomic E-state index is 0.0115. The molecular weight excluding hydrogens is 293 g/mol. The summed E-state index contributed by atoms with van der Waals surface area (Å²) in [6.07, 6.45) is -4.32. The van der Waals surface area contributed by atoms with E-state index < -0.39 is 12.1 Å². The summed E-state index contributed by atoms with van der Waals surface area (Å²) in [6.45, 7) is 0. The molecule has 0 aliphatic carbocycles. The summed E-state index contributed by atoms with van der Waals surface area (Å²) < 4.78 is 44.5. The van der Waals surface area contributed by atoms with Gasteiger partial charge in [-0.2, -0.15) is 0 Å². The van der Waals surface area contributed by atoms with Crippen LogP contribution in [0.1, 0.15) is 10.4 Å².